The summed E-state index contributed by atoms with van der Waals surface area (Å²) in [5.41, 5.74) is 10.4. The standard InChI is InChI=1S/C36H22ClN3O/c37-33-21-29(39-36(40-33)24-8-2-1-3-9-24)23-16-14-22(15-17-23)25-18-19-26-30(20-25)38-35-28-11-5-7-13-32(28)41-31-12-6-4-10-27(31)34(26)35/h1-21,38H. The molecule has 0 amide bonds. The fraction of sp³-hybridized carbons (Fsp3) is 0. The summed E-state index contributed by atoms with van der Waals surface area (Å²) in [5.74, 6) is 2.32. The van der Waals surface area contributed by atoms with Crippen molar-refractivity contribution in [3.05, 3.63) is 133 Å². The number of para-hydroxylation sites is 2. The Balaban J connectivity index is 1.20. The van der Waals surface area contributed by atoms with E-state index < -0.39 is 0 Å². The highest BCUT2D eigenvalue weighted by Gasteiger charge is 2.24. The van der Waals surface area contributed by atoms with Gasteiger partial charge in [0.1, 0.15) is 16.7 Å². The minimum absolute atomic E-state index is 0.420. The van der Waals surface area contributed by atoms with Gasteiger partial charge in [-0.25, -0.2) is 9.97 Å². The van der Waals surface area contributed by atoms with Crippen LogP contribution in [-0.4, -0.2) is 15.0 Å². The molecule has 1 aliphatic heterocycles. The first-order valence-electron chi connectivity index (χ1n) is 13.4. The van der Waals surface area contributed by atoms with Crippen LogP contribution in [-0.2, 0) is 0 Å². The summed E-state index contributed by atoms with van der Waals surface area (Å²) in [5, 5.41) is 1.58. The van der Waals surface area contributed by atoms with Gasteiger partial charge >= 0.3 is 0 Å². The third-order valence-electron chi connectivity index (χ3n) is 7.57. The van der Waals surface area contributed by atoms with Crippen molar-refractivity contribution in [1.29, 1.82) is 0 Å². The number of ether oxygens (including phenoxy) is 1. The van der Waals surface area contributed by atoms with Gasteiger partial charge in [-0.05, 0) is 35.4 Å². The van der Waals surface area contributed by atoms with E-state index in [0.29, 0.717) is 11.0 Å². The molecule has 0 spiro atoms. The van der Waals surface area contributed by atoms with Crippen molar-refractivity contribution in [1.82, 2.24) is 15.0 Å². The number of H-pyrrole nitrogens is 1. The third-order valence-corrected chi connectivity index (χ3v) is 7.77. The van der Waals surface area contributed by atoms with Crippen LogP contribution in [0, 0.1) is 0 Å². The lowest BCUT2D eigenvalue weighted by Gasteiger charge is -2.09. The van der Waals surface area contributed by atoms with E-state index in [2.05, 4.69) is 70.6 Å². The molecular formula is C36H22ClN3O. The van der Waals surface area contributed by atoms with Gasteiger partial charge in [0.2, 0.25) is 0 Å². The molecule has 0 radical (unpaired) electrons. The van der Waals surface area contributed by atoms with Crippen molar-refractivity contribution in [2.45, 2.75) is 0 Å². The van der Waals surface area contributed by atoms with Crippen molar-refractivity contribution in [2.24, 2.45) is 0 Å². The van der Waals surface area contributed by atoms with E-state index in [1.165, 1.54) is 0 Å². The number of rotatable bonds is 3. The van der Waals surface area contributed by atoms with E-state index in [4.69, 9.17) is 21.3 Å². The highest BCUT2D eigenvalue weighted by atomic mass is 35.5. The topological polar surface area (TPSA) is 50.8 Å². The van der Waals surface area contributed by atoms with Crippen LogP contribution in [0.5, 0.6) is 11.5 Å². The Bertz CT molecular complexity index is 2080. The molecule has 3 heterocycles. The number of nitrogens with one attached hydrogen (secondary N) is 1. The molecule has 7 aromatic rings. The van der Waals surface area contributed by atoms with Crippen LogP contribution in [0.25, 0.3) is 67.1 Å². The number of aromatic nitrogens is 3. The fourth-order valence-corrected chi connectivity index (χ4v) is 5.80. The number of halogens is 1. The van der Waals surface area contributed by atoms with E-state index in [1.54, 1.807) is 6.07 Å². The van der Waals surface area contributed by atoms with Crippen LogP contribution in [0.4, 0.5) is 0 Å². The predicted molar refractivity (Wildman–Crippen MR) is 166 cm³/mol. The molecule has 41 heavy (non-hydrogen) atoms. The minimum atomic E-state index is 0.420. The van der Waals surface area contributed by atoms with Gasteiger partial charge < -0.3 is 9.72 Å². The van der Waals surface area contributed by atoms with Crippen LogP contribution in [0.2, 0.25) is 5.15 Å². The molecule has 0 fully saturated rings. The highest BCUT2D eigenvalue weighted by Crippen LogP contribution is 2.49. The molecule has 0 saturated heterocycles. The maximum absolute atomic E-state index is 6.39. The highest BCUT2D eigenvalue weighted by molar-refractivity contribution is 6.29. The zero-order chi connectivity index (χ0) is 27.3. The Morgan fingerprint density at radius 1 is 0.561 bits per heavy atom. The number of nitrogens with zero attached hydrogens (tertiary/aromatic N) is 2. The van der Waals surface area contributed by atoms with Gasteiger partial charge in [-0.1, -0.05) is 109 Å². The number of hydrogen-bond donors (Lipinski definition) is 1. The number of benzene rings is 5. The molecule has 0 bridgehead atoms. The van der Waals surface area contributed by atoms with Gasteiger partial charge in [-0.15, -0.1) is 0 Å². The van der Waals surface area contributed by atoms with E-state index >= 15 is 0 Å². The summed E-state index contributed by atoms with van der Waals surface area (Å²) in [6.45, 7) is 0. The first-order valence-corrected chi connectivity index (χ1v) is 13.8. The molecule has 0 saturated carbocycles. The Kier molecular flexibility index (Phi) is 5.47. The van der Waals surface area contributed by atoms with Gasteiger partial charge in [0.25, 0.3) is 0 Å². The molecule has 194 valence electrons. The molecule has 8 rings (SSSR count). The molecule has 1 N–H and O–H groups in total. The van der Waals surface area contributed by atoms with Crippen LogP contribution in [0.1, 0.15) is 0 Å². The molecule has 0 aliphatic carbocycles. The van der Waals surface area contributed by atoms with Crippen molar-refractivity contribution in [3.8, 4) is 67.7 Å². The summed E-state index contributed by atoms with van der Waals surface area (Å²) in [7, 11) is 0. The summed E-state index contributed by atoms with van der Waals surface area (Å²) < 4.78 is 6.34. The molecule has 0 unspecified atom stereocenters. The van der Waals surface area contributed by atoms with E-state index in [0.717, 1.165) is 72.7 Å². The number of fused-ring (bicyclic) bond motifs is 7. The van der Waals surface area contributed by atoms with Crippen LogP contribution in [0.15, 0.2) is 127 Å². The second kappa shape index (κ2) is 9.47. The monoisotopic (exact) mass is 547 g/mol. The maximum atomic E-state index is 6.39. The Labute approximate surface area is 241 Å². The smallest absolute Gasteiger partial charge is 0.161 e. The van der Waals surface area contributed by atoms with Gasteiger partial charge in [-0.2, -0.15) is 0 Å². The largest absolute Gasteiger partial charge is 0.456 e. The average Bonchev–Trinajstić information content (AvgIpc) is 3.34. The predicted octanol–water partition coefficient (Wildman–Crippen LogP) is 10.1. The van der Waals surface area contributed by atoms with Gasteiger partial charge in [0.15, 0.2) is 5.82 Å². The molecule has 1 aliphatic rings. The Hall–Kier alpha value is -5.19. The second-order valence-corrected chi connectivity index (χ2v) is 10.5. The zero-order valence-electron chi connectivity index (χ0n) is 21.8. The van der Waals surface area contributed by atoms with Gasteiger partial charge in [0, 0.05) is 44.8 Å². The molecule has 5 aromatic carbocycles. The maximum Gasteiger partial charge on any atom is 0.161 e. The minimum Gasteiger partial charge on any atom is -0.456 e. The summed E-state index contributed by atoms with van der Waals surface area (Å²) in [6, 6.07) is 43.1. The van der Waals surface area contributed by atoms with Crippen LogP contribution >= 0.6 is 11.6 Å². The normalized spacial score (nSPS) is 11.7. The van der Waals surface area contributed by atoms with Crippen molar-refractivity contribution in [2.75, 3.05) is 0 Å². The lowest BCUT2D eigenvalue weighted by atomic mass is 9.96. The van der Waals surface area contributed by atoms with E-state index in [-0.39, 0.29) is 0 Å². The quantitative estimate of drug-likeness (QED) is 0.224. The zero-order valence-corrected chi connectivity index (χ0v) is 22.6. The number of hydrogen-bond acceptors (Lipinski definition) is 3. The first-order chi connectivity index (χ1) is 20.2. The molecule has 4 nitrogen and oxygen atoms in total. The summed E-state index contributed by atoms with van der Waals surface area (Å²) in [4.78, 5) is 12.9. The SMILES string of the molecule is Clc1cc(-c2ccc(-c3ccc4c5c([nH]c4c3)-c3ccccc3Oc3ccccc3-5)cc2)nc(-c2ccccc2)n1. The van der Waals surface area contributed by atoms with Crippen molar-refractivity contribution >= 4 is 22.5 Å². The fourth-order valence-electron chi connectivity index (χ4n) is 5.62. The van der Waals surface area contributed by atoms with Crippen LogP contribution in [0.3, 0.4) is 0 Å². The summed E-state index contributed by atoms with van der Waals surface area (Å²) in [6.07, 6.45) is 0. The van der Waals surface area contributed by atoms with E-state index in [9.17, 15) is 0 Å². The van der Waals surface area contributed by atoms with E-state index in [1.807, 2.05) is 60.7 Å². The number of aromatic amines is 1. The molecule has 2 aromatic heterocycles. The molecular weight excluding hydrogens is 526 g/mol. The molecule has 5 heteroatoms. The third kappa shape index (κ3) is 4.08. The molecule has 0 atom stereocenters. The first kappa shape index (κ1) is 23.7. The van der Waals surface area contributed by atoms with Crippen LogP contribution < -0.4 is 4.74 Å². The lowest BCUT2D eigenvalue weighted by molar-refractivity contribution is 0.487. The lowest BCUT2D eigenvalue weighted by Crippen LogP contribution is -1.93. The van der Waals surface area contributed by atoms with Crippen molar-refractivity contribution in [3.63, 3.8) is 0 Å². The average molecular weight is 548 g/mol. The van der Waals surface area contributed by atoms with Gasteiger partial charge in [0.05, 0.1) is 11.4 Å². The second-order valence-electron chi connectivity index (χ2n) is 10.1. The summed E-state index contributed by atoms with van der Waals surface area (Å²) >= 11 is 6.39. The van der Waals surface area contributed by atoms with Crippen molar-refractivity contribution < 1.29 is 4.74 Å². The Morgan fingerprint density at radius 3 is 2.02 bits per heavy atom. The van der Waals surface area contributed by atoms with Gasteiger partial charge in [-0.3, -0.25) is 0 Å². The Morgan fingerprint density at radius 2 is 1.22 bits per heavy atom.